The summed E-state index contributed by atoms with van der Waals surface area (Å²) in [5.41, 5.74) is 0.252. The minimum atomic E-state index is -0.782. The highest BCUT2D eigenvalue weighted by Gasteiger charge is 2.28. The Hall–Kier alpha value is -3.74. The summed E-state index contributed by atoms with van der Waals surface area (Å²) < 4.78 is 31.8. The van der Waals surface area contributed by atoms with Crippen molar-refractivity contribution in [2.75, 3.05) is 41.5 Å². The van der Waals surface area contributed by atoms with E-state index >= 15 is 0 Å². The van der Waals surface area contributed by atoms with E-state index in [1.807, 2.05) is 0 Å². The Kier molecular flexibility index (Phi) is 14.0. The van der Waals surface area contributed by atoms with E-state index in [0.717, 1.165) is 18.9 Å². The highest BCUT2D eigenvalue weighted by atomic mass is 35.5. The van der Waals surface area contributed by atoms with Gasteiger partial charge >= 0.3 is 11.7 Å². The number of allylic oxidation sites excluding steroid dienone is 1. The maximum atomic E-state index is 12.9. The monoisotopic (exact) mass is 597 g/mol. The normalized spacial score (nSPS) is 10.7. The number of rotatable bonds is 19. The minimum absolute atomic E-state index is 0.0128. The molecule has 0 heterocycles. The molecule has 0 atom stereocenters. The second-order valence-corrected chi connectivity index (χ2v) is 9.18. The zero-order valence-electron chi connectivity index (χ0n) is 23.4. The predicted octanol–water partition coefficient (Wildman–Crippen LogP) is 5.71. The van der Waals surface area contributed by atoms with Gasteiger partial charge in [-0.3, -0.25) is 10.1 Å². The van der Waals surface area contributed by atoms with Gasteiger partial charge in [-0.25, -0.2) is 4.79 Å². The number of hydrogen-bond donors (Lipinski definition) is 2. The van der Waals surface area contributed by atoms with Crippen LogP contribution in [0.1, 0.15) is 53.6 Å². The quantitative estimate of drug-likeness (QED) is 0.0510. The number of unbranched alkanes of at least 4 members (excludes halogenated alkanes) is 3. The molecule has 0 unspecified atom stereocenters. The van der Waals surface area contributed by atoms with Crippen molar-refractivity contribution in [1.29, 1.82) is 0 Å². The van der Waals surface area contributed by atoms with Gasteiger partial charge in [0.25, 0.3) is 0 Å². The first-order valence-electron chi connectivity index (χ1n) is 12.8. The lowest BCUT2D eigenvalue weighted by atomic mass is 9.99. The van der Waals surface area contributed by atoms with E-state index in [9.17, 15) is 25.1 Å². The van der Waals surface area contributed by atoms with Crippen LogP contribution in [0, 0.1) is 10.1 Å². The number of carbonyl (C=O) groups excluding carboxylic acids is 1. The molecule has 0 aliphatic carbocycles. The number of nitro groups is 1. The average Bonchev–Trinajstić information content (AvgIpc) is 2.94. The van der Waals surface area contributed by atoms with Gasteiger partial charge in [0.05, 0.1) is 29.7 Å². The van der Waals surface area contributed by atoms with Crippen molar-refractivity contribution in [3.8, 4) is 28.7 Å². The largest absolute Gasteiger partial charge is 0.507 e. The van der Waals surface area contributed by atoms with Gasteiger partial charge in [-0.1, -0.05) is 17.7 Å². The smallest absolute Gasteiger partial charge is 0.342 e. The Morgan fingerprint density at radius 1 is 0.976 bits per heavy atom. The van der Waals surface area contributed by atoms with Gasteiger partial charge in [-0.05, 0) is 50.5 Å². The molecular formula is C28H36ClNO11. The summed E-state index contributed by atoms with van der Waals surface area (Å²) in [5.74, 6) is -1.23. The van der Waals surface area contributed by atoms with Crippen molar-refractivity contribution in [3.05, 3.63) is 56.6 Å². The summed E-state index contributed by atoms with van der Waals surface area (Å²) in [7, 11) is 4.20. The fraction of sp³-hybridized carbons (Fsp3) is 0.464. The molecule has 41 heavy (non-hydrogen) atoms. The van der Waals surface area contributed by atoms with Crippen molar-refractivity contribution >= 4 is 23.3 Å². The molecule has 12 nitrogen and oxygen atoms in total. The van der Waals surface area contributed by atoms with Crippen molar-refractivity contribution in [1.82, 2.24) is 0 Å². The summed E-state index contributed by atoms with van der Waals surface area (Å²) in [6.07, 6.45) is 5.37. The van der Waals surface area contributed by atoms with Crippen LogP contribution in [0.25, 0.3) is 0 Å². The lowest BCUT2D eigenvalue weighted by Gasteiger charge is -2.18. The van der Waals surface area contributed by atoms with Gasteiger partial charge in [0, 0.05) is 25.8 Å². The first-order chi connectivity index (χ1) is 19.7. The van der Waals surface area contributed by atoms with Gasteiger partial charge in [0.1, 0.15) is 17.1 Å². The van der Waals surface area contributed by atoms with Gasteiger partial charge in [-0.2, -0.15) is 0 Å². The Morgan fingerprint density at radius 3 is 2.27 bits per heavy atom. The maximum Gasteiger partial charge on any atom is 0.342 e. The lowest BCUT2D eigenvalue weighted by Crippen LogP contribution is -2.11. The Bertz CT molecular complexity index is 1200. The third kappa shape index (κ3) is 9.13. The highest BCUT2D eigenvalue weighted by molar-refractivity contribution is 6.33. The van der Waals surface area contributed by atoms with E-state index in [0.29, 0.717) is 36.8 Å². The number of nitro benzene ring substituents is 1. The van der Waals surface area contributed by atoms with Crippen LogP contribution < -0.4 is 14.2 Å². The molecule has 13 heteroatoms. The SMILES string of the molecule is C=CCCCCc1c(Cl)c(O)cc(O)c1C(=O)OCCCCc1c(OC)c(OCOC)cc([N+](=O)[O-])c1OCOC. The second kappa shape index (κ2) is 17.2. The van der Waals surface area contributed by atoms with E-state index < -0.39 is 16.6 Å². The molecule has 2 rings (SSSR count). The first-order valence-corrected chi connectivity index (χ1v) is 13.2. The van der Waals surface area contributed by atoms with Crippen molar-refractivity contribution < 1.29 is 48.4 Å². The van der Waals surface area contributed by atoms with Gasteiger partial charge < -0.3 is 38.6 Å². The van der Waals surface area contributed by atoms with Crippen LogP contribution in [0.2, 0.25) is 5.02 Å². The molecule has 226 valence electrons. The average molecular weight is 598 g/mol. The maximum absolute atomic E-state index is 12.9. The van der Waals surface area contributed by atoms with E-state index in [2.05, 4.69) is 6.58 Å². The van der Waals surface area contributed by atoms with Crippen LogP contribution in [-0.2, 0) is 27.1 Å². The van der Waals surface area contributed by atoms with E-state index in [-0.39, 0.29) is 65.9 Å². The number of benzene rings is 2. The highest BCUT2D eigenvalue weighted by Crippen LogP contribution is 2.45. The number of ether oxygens (including phenoxy) is 6. The van der Waals surface area contributed by atoms with E-state index in [1.54, 1.807) is 6.08 Å². The first kappa shape index (κ1) is 33.5. The Morgan fingerprint density at radius 2 is 1.63 bits per heavy atom. The predicted molar refractivity (Wildman–Crippen MR) is 150 cm³/mol. The van der Waals surface area contributed by atoms with Gasteiger partial charge in [0.15, 0.2) is 25.1 Å². The fourth-order valence-electron chi connectivity index (χ4n) is 4.13. The molecular weight excluding hydrogens is 562 g/mol. The number of esters is 1. The molecule has 0 aliphatic heterocycles. The van der Waals surface area contributed by atoms with Crippen molar-refractivity contribution in [2.24, 2.45) is 0 Å². The third-order valence-corrected chi connectivity index (χ3v) is 6.41. The summed E-state index contributed by atoms with van der Waals surface area (Å²) in [6, 6.07) is 2.20. The van der Waals surface area contributed by atoms with Crippen molar-refractivity contribution in [2.45, 2.75) is 44.9 Å². The zero-order chi connectivity index (χ0) is 30.4. The van der Waals surface area contributed by atoms with E-state index in [4.69, 9.17) is 40.0 Å². The molecule has 0 saturated heterocycles. The number of hydrogen-bond acceptors (Lipinski definition) is 11. The molecule has 0 aromatic heterocycles. The molecule has 0 spiro atoms. The van der Waals surface area contributed by atoms with Crippen molar-refractivity contribution in [3.63, 3.8) is 0 Å². The fourth-order valence-corrected chi connectivity index (χ4v) is 4.38. The molecule has 0 amide bonds. The number of carbonyl (C=O) groups is 1. The zero-order valence-corrected chi connectivity index (χ0v) is 24.2. The van der Waals surface area contributed by atoms with Crippen LogP contribution in [0.15, 0.2) is 24.8 Å². The lowest BCUT2D eigenvalue weighted by molar-refractivity contribution is -0.386. The second-order valence-electron chi connectivity index (χ2n) is 8.80. The Balaban J connectivity index is 2.19. The molecule has 2 aromatic carbocycles. The molecule has 2 N–H and O–H groups in total. The topological polar surface area (TPSA) is 156 Å². The Labute approximate surface area is 243 Å². The number of phenols is 2. The number of halogens is 1. The van der Waals surface area contributed by atoms with Crippen LogP contribution in [0.4, 0.5) is 5.69 Å². The number of aromatic hydroxyl groups is 2. The summed E-state index contributed by atoms with van der Waals surface area (Å²) in [5, 5.41) is 32.2. The molecule has 0 bridgehead atoms. The molecule has 0 fully saturated rings. The van der Waals surface area contributed by atoms with Gasteiger partial charge in [-0.15, -0.1) is 6.58 Å². The molecule has 0 aliphatic rings. The molecule has 2 aromatic rings. The van der Waals surface area contributed by atoms with E-state index in [1.165, 1.54) is 27.4 Å². The third-order valence-electron chi connectivity index (χ3n) is 5.99. The standard InChI is InChI=1S/C28H36ClNO11/c1-5-6-7-8-11-18-24(21(31)15-22(32)25(18)29)28(33)39-13-10-9-12-19-26(41-17-37-3)20(30(34)35)14-23(27(19)38-4)40-16-36-2/h5,14-15,31-32H,1,6-13,16-17H2,2-4H3. The van der Waals surface area contributed by atoms with Crippen LogP contribution in [0.3, 0.4) is 0 Å². The van der Waals surface area contributed by atoms with Gasteiger partial charge in [0.2, 0.25) is 5.75 Å². The number of nitrogens with zero attached hydrogens (tertiary/aromatic N) is 1. The molecule has 0 saturated carbocycles. The van der Waals surface area contributed by atoms with Crippen LogP contribution in [-0.4, -0.2) is 62.6 Å². The van der Waals surface area contributed by atoms with Crippen LogP contribution in [0.5, 0.6) is 28.7 Å². The molecule has 0 radical (unpaired) electrons. The summed E-state index contributed by atoms with van der Waals surface area (Å²) in [6.45, 7) is 3.26. The van der Waals surface area contributed by atoms with Crippen LogP contribution >= 0.6 is 11.6 Å². The summed E-state index contributed by atoms with van der Waals surface area (Å²) in [4.78, 5) is 24.1. The minimum Gasteiger partial charge on any atom is -0.507 e. The summed E-state index contributed by atoms with van der Waals surface area (Å²) >= 11 is 6.25. The number of phenolic OH excluding ortho intramolecular Hbond substituents is 2. The number of methoxy groups -OCH3 is 3.